The predicted octanol–water partition coefficient (Wildman–Crippen LogP) is 4.59. The first kappa shape index (κ1) is 21.0. The van der Waals surface area contributed by atoms with E-state index in [9.17, 15) is 4.79 Å². The van der Waals surface area contributed by atoms with Gasteiger partial charge in [-0.05, 0) is 49.2 Å². The number of nitrogens with one attached hydrogen (secondary N) is 1. The van der Waals surface area contributed by atoms with Gasteiger partial charge in [-0.25, -0.2) is 14.6 Å². The highest BCUT2D eigenvalue weighted by Gasteiger charge is 2.18. The molecule has 3 heterocycles. The summed E-state index contributed by atoms with van der Waals surface area (Å²) in [5.74, 6) is 1.98. The van der Waals surface area contributed by atoms with Crippen LogP contribution in [0.2, 0.25) is 0 Å². The number of amides is 1. The fourth-order valence-electron chi connectivity index (χ4n) is 3.26. The molecular formula is C24H23N5O3. The van der Waals surface area contributed by atoms with Crippen LogP contribution in [0.3, 0.4) is 0 Å². The molecule has 4 aromatic rings. The molecule has 0 aliphatic rings. The van der Waals surface area contributed by atoms with Gasteiger partial charge in [-0.15, -0.1) is 0 Å². The number of benzene rings is 1. The highest BCUT2D eigenvalue weighted by Crippen LogP contribution is 2.31. The highest BCUT2D eigenvalue weighted by atomic mass is 16.5. The van der Waals surface area contributed by atoms with Crippen molar-refractivity contribution in [1.29, 1.82) is 0 Å². The summed E-state index contributed by atoms with van der Waals surface area (Å²) >= 11 is 0. The van der Waals surface area contributed by atoms with E-state index < -0.39 is 0 Å². The minimum atomic E-state index is -0.264. The number of hydrogen-bond acceptors (Lipinski definition) is 6. The number of ether oxygens (including phenoxy) is 2. The first-order valence-corrected chi connectivity index (χ1v) is 10.2. The summed E-state index contributed by atoms with van der Waals surface area (Å²) in [6.45, 7) is 3.95. The lowest BCUT2D eigenvalue weighted by Gasteiger charge is -2.11. The van der Waals surface area contributed by atoms with Crippen LogP contribution in [0.5, 0.6) is 17.4 Å². The van der Waals surface area contributed by atoms with E-state index in [1.807, 2.05) is 50.2 Å². The largest absolute Gasteiger partial charge is 0.493 e. The van der Waals surface area contributed by atoms with Crippen molar-refractivity contribution in [2.75, 3.05) is 12.4 Å². The molecule has 0 atom stereocenters. The highest BCUT2D eigenvalue weighted by molar-refractivity contribution is 6.05. The molecule has 8 nitrogen and oxygen atoms in total. The van der Waals surface area contributed by atoms with Gasteiger partial charge in [0, 0.05) is 12.3 Å². The second-order valence-electron chi connectivity index (χ2n) is 7.05. The molecule has 4 rings (SSSR count). The van der Waals surface area contributed by atoms with Crippen molar-refractivity contribution in [2.24, 2.45) is 0 Å². The van der Waals surface area contributed by atoms with Crippen LogP contribution in [0.4, 0.5) is 5.69 Å². The van der Waals surface area contributed by atoms with Crippen molar-refractivity contribution < 1.29 is 14.3 Å². The fourth-order valence-corrected chi connectivity index (χ4v) is 3.26. The summed E-state index contributed by atoms with van der Waals surface area (Å²) in [4.78, 5) is 21.5. The zero-order chi connectivity index (χ0) is 22.5. The standard InChI is InChI=1S/C24H23N5O3/c1-4-19-18(15-27-29(19)22-7-5-6-12-25-22)24(30)28-17-9-11-23(26-14-17)32-20-10-8-16(2)13-21(20)31-3/h5-15H,4H2,1-3H3,(H,28,30). The number of pyridine rings is 2. The molecular weight excluding hydrogens is 406 g/mol. The van der Waals surface area contributed by atoms with Crippen molar-refractivity contribution in [3.05, 3.63) is 83.9 Å². The summed E-state index contributed by atoms with van der Waals surface area (Å²) in [5.41, 5.74) is 2.88. The molecule has 0 aliphatic heterocycles. The molecule has 0 saturated carbocycles. The molecule has 1 amide bonds. The maximum atomic E-state index is 12.9. The number of hydrogen-bond donors (Lipinski definition) is 1. The molecule has 32 heavy (non-hydrogen) atoms. The van der Waals surface area contributed by atoms with Crippen molar-refractivity contribution in [2.45, 2.75) is 20.3 Å². The SMILES string of the molecule is CCc1c(C(=O)Nc2ccc(Oc3ccc(C)cc3OC)nc2)cnn1-c1ccccn1. The number of anilines is 1. The Bertz CT molecular complexity index is 1220. The fraction of sp³-hybridized carbons (Fsp3) is 0.167. The number of carbonyl (C=O) groups is 1. The minimum Gasteiger partial charge on any atom is -0.493 e. The first-order valence-electron chi connectivity index (χ1n) is 10.2. The van der Waals surface area contributed by atoms with Gasteiger partial charge in [0.1, 0.15) is 0 Å². The average molecular weight is 429 g/mol. The first-order chi connectivity index (χ1) is 15.6. The van der Waals surface area contributed by atoms with E-state index in [1.54, 1.807) is 42.5 Å². The maximum absolute atomic E-state index is 12.9. The average Bonchev–Trinajstić information content (AvgIpc) is 3.26. The lowest BCUT2D eigenvalue weighted by atomic mass is 10.2. The van der Waals surface area contributed by atoms with Gasteiger partial charge in [-0.3, -0.25) is 4.79 Å². The van der Waals surface area contributed by atoms with E-state index in [-0.39, 0.29) is 5.91 Å². The van der Waals surface area contributed by atoms with Gasteiger partial charge >= 0.3 is 0 Å². The van der Waals surface area contributed by atoms with Gasteiger partial charge in [0.15, 0.2) is 17.3 Å². The molecule has 0 radical (unpaired) electrons. The third-order valence-electron chi connectivity index (χ3n) is 4.84. The zero-order valence-corrected chi connectivity index (χ0v) is 18.1. The normalized spacial score (nSPS) is 10.6. The summed E-state index contributed by atoms with van der Waals surface area (Å²) < 4.78 is 12.9. The third-order valence-corrected chi connectivity index (χ3v) is 4.84. The molecule has 0 unspecified atom stereocenters. The molecule has 0 aliphatic carbocycles. The number of aromatic nitrogens is 4. The lowest BCUT2D eigenvalue weighted by molar-refractivity contribution is 0.102. The van der Waals surface area contributed by atoms with E-state index in [1.165, 1.54) is 0 Å². The van der Waals surface area contributed by atoms with Gasteiger partial charge in [0.05, 0.1) is 36.4 Å². The summed E-state index contributed by atoms with van der Waals surface area (Å²) in [6.07, 6.45) is 5.42. The number of rotatable bonds is 7. The van der Waals surface area contributed by atoms with Crippen LogP contribution in [-0.4, -0.2) is 32.8 Å². The monoisotopic (exact) mass is 429 g/mol. The van der Waals surface area contributed by atoms with Crippen molar-refractivity contribution in [1.82, 2.24) is 19.7 Å². The second-order valence-corrected chi connectivity index (χ2v) is 7.05. The zero-order valence-electron chi connectivity index (χ0n) is 18.1. The van der Waals surface area contributed by atoms with Crippen molar-refractivity contribution >= 4 is 11.6 Å². The molecule has 1 aromatic carbocycles. The van der Waals surface area contributed by atoms with Gasteiger partial charge < -0.3 is 14.8 Å². The molecule has 8 heteroatoms. The van der Waals surface area contributed by atoms with Crippen LogP contribution < -0.4 is 14.8 Å². The molecule has 0 spiro atoms. The predicted molar refractivity (Wildman–Crippen MR) is 121 cm³/mol. The molecule has 162 valence electrons. The van der Waals surface area contributed by atoms with E-state index in [0.717, 1.165) is 11.3 Å². The third kappa shape index (κ3) is 4.44. The topological polar surface area (TPSA) is 91.2 Å². The Balaban J connectivity index is 1.48. The molecule has 0 saturated heterocycles. The van der Waals surface area contributed by atoms with E-state index in [4.69, 9.17) is 9.47 Å². The molecule has 1 N–H and O–H groups in total. The Labute approximate surface area is 185 Å². The Kier molecular flexibility index (Phi) is 6.12. The quantitative estimate of drug-likeness (QED) is 0.462. The smallest absolute Gasteiger partial charge is 0.259 e. The van der Waals surface area contributed by atoms with Crippen LogP contribution >= 0.6 is 0 Å². The Hall–Kier alpha value is -4.20. The summed E-state index contributed by atoms with van der Waals surface area (Å²) in [5, 5.41) is 7.21. The van der Waals surface area contributed by atoms with Crippen LogP contribution in [0.1, 0.15) is 28.5 Å². The van der Waals surface area contributed by atoms with Crippen LogP contribution in [0.25, 0.3) is 5.82 Å². The van der Waals surface area contributed by atoms with E-state index >= 15 is 0 Å². The number of methoxy groups -OCH3 is 1. The molecule has 0 bridgehead atoms. The van der Waals surface area contributed by atoms with E-state index in [0.29, 0.717) is 40.9 Å². The molecule has 3 aromatic heterocycles. The maximum Gasteiger partial charge on any atom is 0.259 e. The van der Waals surface area contributed by atoms with Gasteiger partial charge in [-0.1, -0.05) is 19.1 Å². The van der Waals surface area contributed by atoms with E-state index in [2.05, 4.69) is 20.4 Å². The Morgan fingerprint density at radius 2 is 1.94 bits per heavy atom. The number of aryl methyl sites for hydroxylation is 1. The second kappa shape index (κ2) is 9.30. The van der Waals surface area contributed by atoms with Gasteiger partial charge in [0.2, 0.25) is 5.88 Å². The Morgan fingerprint density at radius 3 is 2.62 bits per heavy atom. The Morgan fingerprint density at radius 1 is 1.06 bits per heavy atom. The van der Waals surface area contributed by atoms with Crippen LogP contribution in [0, 0.1) is 6.92 Å². The molecule has 0 fully saturated rings. The number of carbonyl (C=O) groups excluding carboxylic acids is 1. The van der Waals surface area contributed by atoms with Gasteiger partial charge in [-0.2, -0.15) is 5.10 Å². The van der Waals surface area contributed by atoms with Crippen LogP contribution in [0.15, 0.2) is 67.1 Å². The summed E-state index contributed by atoms with van der Waals surface area (Å²) in [7, 11) is 1.59. The number of nitrogens with zero attached hydrogens (tertiary/aromatic N) is 4. The van der Waals surface area contributed by atoms with Crippen molar-refractivity contribution in [3.8, 4) is 23.2 Å². The van der Waals surface area contributed by atoms with Crippen molar-refractivity contribution in [3.63, 3.8) is 0 Å². The van der Waals surface area contributed by atoms with Gasteiger partial charge in [0.25, 0.3) is 5.91 Å². The minimum absolute atomic E-state index is 0.264. The summed E-state index contributed by atoms with van der Waals surface area (Å²) in [6, 6.07) is 14.6. The lowest BCUT2D eigenvalue weighted by Crippen LogP contribution is -2.14. The van der Waals surface area contributed by atoms with Crippen LogP contribution in [-0.2, 0) is 6.42 Å².